The molecule has 0 spiro atoms. The van der Waals surface area contributed by atoms with Gasteiger partial charge in [-0.25, -0.2) is 0 Å². The first-order chi connectivity index (χ1) is 15.0. The van der Waals surface area contributed by atoms with Gasteiger partial charge in [0, 0.05) is 21.6 Å². The lowest BCUT2D eigenvalue weighted by atomic mass is 9.97. The number of hydrogen-bond acceptors (Lipinski definition) is 4. The Labute approximate surface area is 193 Å². The van der Waals surface area contributed by atoms with Gasteiger partial charge >= 0.3 is 0 Å². The van der Waals surface area contributed by atoms with Crippen LogP contribution in [0.2, 0.25) is 5.02 Å². The van der Waals surface area contributed by atoms with E-state index < -0.39 is 6.04 Å². The number of benzene rings is 1. The minimum atomic E-state index is -0.455. The Morgan fingerprint density at radius 1 is 1.13 bits per heavy atom. The van der Waals surface area contributed by atoms with Crippen LogP contribution in [0.1, 0.15) is 72.5 Å². The second kappa shape index (κ2) is 10.0. The molecule has 2 atom stereocenters. The van der Waals surface area contributed by atoms with Crippen LogP contribution in [0.3, 0.4) is 0 Å². The van der Waals surface area contributed by atoms with Gasteiger partial charge in [-0.3, -0.25) is 9.59 Å². The SMILES string of the molecule is CC(Nc1cccc(Cl)c1)c1ccc(C(=O)N[C@@H](CC2CCCC2)C(=O)NC2CC2)s1. The molecule has 7 heteroatoms. The van der Waals surface area contributed by atoms with Crippen molar-refractivity contribution in [3.63, 3.8) is 0 Å². The molecule has 2 aromatic rings. The molecule has 0 saturated heterocycles. The van der Waals surface area contributed by atoms with Crippen LogP contribution in [0.5, 0.6) is 0 Å². The first kappa shape index (κ1) is 22.2. The lowest BCUT2D eigenvalue weighted by Gasteiger charge is -2.21. The van der Waals surface area contributed by atoms with Gasteiger partial charge in [0.25, 0.3) is 5.91 Å². The highest BCUT2D eigenvalue weighted by Crippen LogP contribution is 2.30. The number of rotatable bonds is 9. The monoisotopic (exact) mass is 459 g/mol. The van der Waals surface area contributed by atoms with Crippen LogP contribution in [0.15, 0.2) is 36.4 Å². The number of halogens is 1. The number of hydrogen-bond donors (Lipinski definition) is 3. The highest BCUT2D eigenvalue weighted by molar-refractivity contribution is 7.14. The zero-order chi connectivity index (χ0) is 21.8. The zero-order valence-corrected chi connectivity index (χ0v) is 19.4. The number of carbonyl (C=O) groups is 2. The molecule has 2 aliphatic carbocycles. The van der Waals surface area contributed by atoms with Crippen molar-refractivity contribution in [2.24, 2.45) is 5.92 Å². The maximum atomic E-state index is 13.0. The van der Waals surface area contributed by atoms with E-state index in [0.717, 1.165) is 42.7 Å². The van der Waals surface area contributed by atoms with Crippen LogP contribution in [0.25, 0.3) is 0 Å². The second-order valence-corrected chi connectivity index (χ2v) is 10.3. The van der Waals surface area contributed by atoms with Gasteiger partial charge in [-0.2, -0.15) is 0 Å². The van der Waals surface area contributed by atoms with Crippen LogP contribution in [-0.4, -0.2) is 23.9 Å². The topological polar surface area (TPSA) is 70.2 Å². The summed E-state index contributed by atoms with van der Waals surface area (Å²) in [5, 5.41) is 10.2. The Hall–Kier alpha value is -2.05. The molecule has 2 fully saturated rings. The van der Waals surface area contributed by atoms with Crippen molar-refractivity contribution in [1.29, 1.82) is 0 Å². The molecular formula is C24H30ClN3O2S. The summed E-state index contributed by atoms with van der Waals surface area (Å²) in [5.41, 5.74) is 0.938. The van der Waals surface area contributed by atoms with Gasteiger partial charge < -0.3 is 16.0 Å². The van der Waals surface area contributed by atoms with Crippen molar-refractivity contribution in [1.82, 2.24) is 10.6 Å². The summed E-state index contributed by atoms with van der Waals surface area (Å²) < 4.78 is 0. The smallest absolute Gasteiger partial charge is 0.262 e. The molecule has 2 saturated carbocycles. The molecule has 3 N–H and O–H groups in total. The Morgan fingerprint density at radius 2 is 1.90 bits per heavy atom. The third kappa shape index (κ3) is 6.23. The molecule has 1 aromatic heterocycles. The molecule has 166 valence electrons. The number of anilines is 1. The molecule has 0 aliphatic heterocycles. The summed E-state index contributed by atoms with van der Waals surface area (Å²) in [4.78, 5) is 27.4. The summed E-state index contributed by atoms with van der Waals surface area (Å²) >= 11 is 7.52. The number of thiophene rings is 1. The zero-order valence-electron chi connectivity index (χ0n) is 17.8. The Bertz CT molecular complexity index is 921. The molecule has 31 heavy (non-hydrogen) atoms. The highest BCUT2D eigenvalue weighted by Gasteiger charge is 2.31. The molecule has 1 aromatic carbocycles. The largest absolute Gasteiger partial charge is 0.378 e. The number of nitrogens with one attached hydrogen (secondary N) is 3. The van der Waals surface area contributed by atoms with Gasteiger partial charge in [-0.15, -0.1) is 11.3 Å². The molecule has 2 aliphatic rings. The lowest BCUT2D eigenvalue weighted by molar-refractivity contribution is -0.123. The predicted molar refractivity (Wildman–Crippen MR) is 127 cm³/mol. The van der Waals surface area contributed by atoms with Gasteiger partial charge in [-0.1, -0.05) is 43.4 Å². The van der Waals surface area contributed by atoms with Crippen molar-refractivity contribution in [2.45, 2.75) is 70.0 Å². The normalized spacial score (nSPS) is 18.4. The van der Waals surface area contributed by atoms with Crippen molar-refractivity contribution in [3.8, 4) is 0 Å². The molecular weight excluding hydrogens is 430 g/mol. The Balaban J connectivity index is 1.38. The fraction of sp³-hybridized carbons (Fsp3) is 0.500. The maximum Gasteiger partial charge on any atom is 0.262 e. The molecule has 0 bridgehead atoms. The van der Waals surface area contributed by atoms with Gasteiger partial charge in [0.15, 0.2) is 0 Å². The minimum absolute atomic E-state index is 0.0319. The number of carbonyl (C=O) groups excluding carboxylic acids is 2. The highest BCUT2D eigenvalue weighted by atomic mass is 35.5. The molecule has 1 heterocycles. The van der Waals surface area contributed by atoms with E-state index in [1.54, 1.807) is 0 Å². The predicted octanol–water partition coefficient (Wildman–Crippen LogP) is 5.53. The van der Waals surface area contributed by atoms with Gasteiger partial charge in [0.1, 0.15) is 6.04 Å². The van der Waals surface area contributed by atoms with Crippen LogP contribution in [0, 0.1) is 5.92 Å². The van der Waals surface area contributed by atoms with Crippen LogP contribution in [-0.2, 0) is 4.79 Å². The van der Waals surface area contributed by atoms with E-state index in [2.05, 4.69) is 22.9 Å². The first-order valence-corrected chi connectivity index (χ1v) is 12.4. The fourth-order valence-corrected chi connectivity index (χ4v) is 5.28. The van der Waals surface area contributed by atoms with Crippen molar-refractivity contribution >= 4 is 40.4 Å². The van der Waals surface area contributed by atoms with Crippen molar-refractivity contribution in [2.75, 3.05) is 5.32 Å². The summed E-state index contributed by atoms with van der Waals surface area (Å²) in [6.45, 7) is 2.06. The average molecular weight is 460 g/mol. The maximum absolute atomic E-state index is 13.0. The Morgan fingerprint density at radius 3 is 2.61 bits per heavy atom. The summed E-state index contributed by atoms with van der Waals surface area (Å²) in [5.74, 6) is 0.326. The minimum Gasteiger partial charge on any atom is -0.378 e. The fourth-order valence-electron chi connectivity index (χ4n) is 4.18. The number of amides is 2. The van der Waals surface area contributed by atoms with Gasteiger partial charge in [-0.05, 0) is 62.4 Å². The van der Waals surface area contributed by atoms with Crippen LogP contribution in [0.4, 0.5) is 5.69 Å². The summed E-state index contributed by atoms with van der Waals surface area (Å²) in [6, 6.07) is 11.3. The lowest BCUT2D eigenvalue weighted by Crippen LogP contribution is -2.48. The van der Waals surface area contributed by atoms with Crippen molar-refractivity contribution < 1.29 is 9.59 Å². The van der Waals surface area contributed by atoms with E-state index in [1.807, 2.05) is 36.4 Å². The van der Waals surface area contributed by atoms with Crippen LogP contribution >= 0.6 is 22.9 Å². The van der Waals surface area contributed by atoms with E-state index in [0.29, 0.717) is 21.9 Å². The molecule has 2 amide bonds. The third-order valence-corrected chi connectivity index (χ3v) is 7.58. The first-order valence-electron chi connectivity index (χ1n) is 11.2. The third-order valence-electron chi connectivity index (χ3n) is 6.07. The van der Waals surface area contributed by atoms with Crippen LogP contribution < -0.4 is 16.0 Å². The van der Waals surface area contributed by atoms with E-state index in [1.165, 1.54) is 24.2 Å². The van der Waals surface area contributed by atoms with Gasteiger partial charge in [0.2, 0.25) is 5.91 Å². The molecule has 5 nitrogen and oxygen atoms in total. The quantitative estimate of drug-likeness (QED) is 0.461. The van der Waals surface area contributed by atoms with E-state index >= 15 is 0 Å². The molecule has 4 rings (SSSR count). The van der Waals surface area contributed by atoms with Crippen molar-refractivity contribution in [3.05, 3.63) is 51.2 Å². The van der Waals surface area contributed by atoms with Gasteiger partial charge in [0.05, 0.1) is 10.9 Å². The molecule has 1 unspecified atom stereocenters. The summed E-state index contributed by atoms with van der Waals surface area (Å²) in [6.07, 6.45) is 7.57. The van der Waals surface area contributed by atoms with E-state index in [9.17, 15) is 9.59 Å². The Kier molecular flexibility index (Phi) is 7.18. The second-order valence-electron chi connectivity index (χ2n) is 8.77. The van der Waals surface area contributed by atoms with E-state index in [-0.39, 0.29) is 17.9 Å². The average Bonchev–Trinajstić information content (AvgIpc) is 3.19. The molecule has 0 radical (unpaired) electrons. The summed E-state index contributed by atoms with van der Waals surface area (Å²) in [7, 11) is 0. The van der Waals surface area contributed by atoms with E-state index in [4.69, 9.17) is 11.6 Å². The standard InChI is InChI=1S/C24H30ClN3O2S/c1-15(26-19-8-4-7-17(25)14-19)21-11-12-22(31-21)24(30)28-20(13-16-5-2-3-6-16)23(29)27-18-9-10-18/h4,7-8,11-12,14-16,18,20,26H,2-3,5-6,9-10,13H2,1H3,(H,27,29)(H,28,30)/t15?,20-/m0/s1.